The van der Waals surface area contributed by atoms with Crippen molar-refractivity contribution in [2.24, 2.45) is 0 Å². The SMILES string of the molecule is Cc1nc(N(C)C)ncc1C(=O)N(C)Cc1csc(-c2cccs2)n1. The van der Waals surface area contributed by atoms with Crippen molar-refractivity contribution >= 4 is 34.5 Å². The Morgan fingerprint density at radius 1 is 1.20 bits per heavy atom. The molecule has 0 aliphatic carbocycles. The first-order chi connectivity index (χ1) is 12.0. The lowest BCUT2D eigenvalue weighted by atomic mass is 10.2. The molecule has 0 aromatic carbocycles. The number of hydrogen-bond acceptors (Lipinski definition) is 7. The second-order valence-electron chi connectivity index (χ2n) is 5.85. The largest absolute Gasteiger partial charge is 0.347 e. The molecule has 0 aliphatic rings. The smallest absolute Gasteiger partial charge is 0.257 e. The second kappa shape index (κ2) is 7.28. The molecule has 0 saturated heterocycles. The molecule has 25 heavy (non-hydrogen) atoms. The molecule has 3 aromatic rings. The third-order valence-electron chi connectivity index (χ3n) is 3.63. The molecule has 3 aromatic heterocycles. The molecule has 0 aliphatic heterocycles. The Labute approximate surface area is 154 Å². The normalized spacial score (nSPS) is 10.7. The summed E-state index contributed by atoms with van der Waals surface area (Å²) in [5, 5.41) is 5.02. The number of anilines is 1. The van der Waals surface area contributed by atoms with E-state index in [0.29, 0.717) is 23.8 Å². The molecule has 0 saturated carbocycles. The summed E-state index contributed by atoms with van der Waals surface area (Å²) in [7, 11) is 5.51. The van der Waals surface area contributed by atoms with Gasteiger partial charge in [0.25, 0.3) is 5.91 Å². The summed E-state index contributed by atoms with van der Waals surface area (Å²) in [4.78, 5) is 30.5. The number of amides is 1. The van der Waals surface area contributed by atoms with Crippen molar-refractivity contribution in [1.82, 2.24) is 19.9 Å². The summed E-state index contributed by atoms with van der Waals surface area (Å²) < 4.78 is 0. The molecule has 3 rings (SSSR count). The van der Waals surface area contributed by atoms with E-state index >= 15 is 0 Å². The number of nitrogens with zero attached hydrogens (tertiary/aromatic N) is 5. The minimum absolute atomic E-state index is 0.103. The van der Waals surface area contributed by atoms with Crippen LogP contribution in [0.25, 0.3) is 9.88 Å². The van der Waals surface area contributed by atoms with Crippen LogP contribution in [0.5, 0.6) is 0 Å². The van der Waals surface area contributed by atoms with E-state index in [1.807, 2.05) is 42.7 Å². The van der Waals surface area contributed by atoms with E-state index in [1.165, 1.54) is 0 Å². The first-order valence-corrected chi connectivity index (χ1v) is 9.46. The van der Waals surface area contributed by atoms with E-state index in [9.17, 15) is 4.79 Å². The lowest BCUT2D eigenvalue weighted by molar-refractivity contribution is 0.0782. The summed E-state index contributed by atoms with van der Waals surface area (Å²) in [6, 6.07) is 4.06. The van der Waals surface area contributed by atoms with Crippen LogP contribution in [0.4, 0.5) is 5.95 Å². The van der Waals surface area contributed by atoms with Crippen molar-refractivity contribution in [3.8, 4) is 9.88 Å². The average molecular weight is 374 g/mol. The Bertz CT molecular complexity index is 873. The number of hydrogen-bond donors (Lipinski definition) is 0. The third-order valence-corrected chi connectivity index (χ3v) is 5.56. The summed E-state index contributed by atoms with van der Waals surface area (Å²) in [6.45, 7) is 2.28. The van der Waals surface area contributed by atoms with E-state index in [4.69, 9.17) is 0 Å². The zero-order valence-corrected chi connectivity index (χ0v) is 16.2. The molecule has 6 nitrogen and oxygen atoms in total. The predicted octanol–water partition coefficient (Wildman–Crippen LogP) is 3.31. The van der Waals surface area contributed by atoms with Crippen molar-refractivity contribution in [2.45, 2.75) is 13.5 Å². The van der Waals surface area contributed by atoms with Gasteiger partial charge in [0.05, 0.1) is 28.4 Å². The highest BCUT2D eigenvalue weighted by Gasteiger charge is 2.18. The van der Waals surface area contributed by atoms with E-state index in [0.717, 1.165) is 15.6 Å². The quantitative estimate of drug-likeness (QED) is 0.687. The van der Waals surface area contributed by atoms with Crippen molar-refractivity contribution in [3.05, 3.63) is 46.0 Å². The number of aryl methyl sites for hydroxylation is 1. The molecular formula is C17H19N5OS2. The summed E-state index contributed by atoms with van der Waals surface area (Å²) in [6.07, 6.45) is 1.59. The fraction of sp³-hybridized carbons (Fsp3) is 0.294. The molecule has 1 amide bonds. The fourth-order valence-corrected chi connectivity index (χ4v) is 3.92. The minimum Gasteiger partial charge on any atom is -0.347 e. The zero-order valence-electron chi connectivity index (χ0n) is 14.6. The highest BCUT2D eigenvalue weighted by atomic mass is 32.1. The number of rotatable bonds is 5. The topological polar surface area (TPSA) is 62.2 Å². The van der Waals surface area contributed by atoms with Gasteiger partial charge in [-0.3, -0.25) is 4.79 Å². The second-order valence-corrected chi connectivity index (χ2v) is 7.65. The zero-order chi connectivity index (χ0) is 18.0. The van der Waals surface area contributed by atoms with E-state index in [1.54, 1.807) is 40.8 Å². The van der Waals surface area contributed by atoms with Gasteiger partial charge in [-0.25, -0.2) is 15.0 Å². The van der Waals surface area contributed by atoms with Gasteiger partial charge in [-0.15, -0.1) is 22.7 Å². The number of thiazole rings is 1. The van der Waals surface area contributed by atoms with Gasteiger partial charge in [0, 0.05) is 32.7 Å². The van der Waals surface area contributed by atoms with Gasteiger partial charge in [-0.1, -0.05) is 6.07 Å². The lowest BCUT2D eigenvalue weighted by Crippen LogP contribution is -2.28. The predicted molar refractivity (Wildman–Crippen MR) is 102 cm³/mol. The first-order valence-electron chi connectivity index (χ1n) is 7.70. The van der Waals surface area contributed by atoms with Gasteiger partial charge in [0.15, 0.2) is 0 Å². The standard InChI is InChI=1S/C17H19N5OS2/c1-11-13(8-18-17(19-11)21(2)3)16(23)22(4)9-12-10-25-15(20-12)14-6-5-7-24-14/h5-8,10H,9H2,1-4H3. The fourth-order valence-electron chi connectivity index (χ4n) is 2.29. The lowest BCUT2D eigenvalue weighted by Gasteiger charge is -2.18. The molecule has 0 bridgehead atoms. The molecule has 8 heteroatoms. The Morgan fingerprint density at radius 2 is 2.00 bits per heavy atom. The van der Waals surface area contributed by atoms with Gasteiger partial charge in [0.1, 0.15) is 5.01 Å². The van der Waals surface area contributed by atoms with Crippen LogP contribution in [0.1, 0.15) is 21.7 Å². The van der Waals surface area contributed by atoms with Crippen LogP contribution >= 0.6 is 22.7 Å². The molecule has 0 fully saturated rings. The van der Waals surface area contributed by atoms with Crippen molar-refractivity contribution in [1.29, 1.82) is 0 Å². The molecule has 0 N–H and O–H groups in total. The van der Waals surface area contributed by atoms with Crippen LogP contribution in [0.15, 0.2) is 29.1 Å². The number of carbonyl (C=O) groups is 1. The van der Waals surface area contributed by atoms with Gasteiger partial charge < -0.3 is 9.80 Å². The van der Waals surface area contributed by atoms with E-state index < -0.39 is 0 Å². The summed E-state index contributed by atoms with van der Waals surface area (Å²) >= 11 is 3.26. The van der Waals surface area contributed by atoms with E-state index in [2.05, 4.69) is 21.0 Å². The molecule has 130 valence electrons. The van der Waals surface area contributed by atoms with E-state index in [-0.39, 0.29) is 5.91 Å². The minimum atomic E-state index is -0.103. The van der Waals surface area contributed by atoms with Gasteiger partial charge in [0.2, 0.25) is 5.95 Å². The highest BCUT2D eigenvalue weighted by molar-refractivity contribution is 7.20. The van der Waals surface area contributed by atoms with Crippen LogP contribution in [0.2, 0.25) is 0 Å². The molecule has 3 heterocycles. The first kappa shape index (κ1) is 17.5. The number of carbonyl (C=O) groups excluding carboxylic acids is 1. The highest BCUT2D eigenvalue weighted by Crippen LogP contribution is 2.28. The van der Waals surface area contributed by atoms with Crippen LogP contribution in [-0.4, -0.2) is 46.9 Å². The van der Waals surface area contributed by atoms with Gasteiger partial charge in [-0.05, 0) is 18.4 Å². The molecule has 0 radical (unpaired) electrons. The maximum atomic E-state index is 12.7. The third kappa shape index (κ3) is 3.85. The maximum Gasteiger partial charge on any atom is 0.257 e. The van der Waals surface area contributed by atoms with Crippen LogP contribution < -0.4 is 4.90 Å². The number of aromatic nitrogens is 3. The Morgan fingerprint density at radius 3 is 2.64 bits per heavy atom. The van der Waals surface area contributed by atoms with Crippen molar-refractivity contribution in [3.63, 3.8) is 0 Å². The number of thiophene rings is 1. The molecule has 0 atom stereocenters. The summed E-state index contributed by atoms with van der Waals surface area (Å²) in [5.41, 5.74) is 2.07. The van der Waals surface area contributed by atoms with Crippen molar-refractivity contribution < 1.29 is 4.79 Å². The van der Waals surface area contributed by atoms with Crippen LogP contribution in [0.3, 0.4) is 0 Å². The monoisotopic (exact) mass is 373 g/mol. The summed E-state index contributed by atoms with van der Waals surface area (Å²) in [5.74, 6) is 0.491. The average Bonchev–Trinajstić information content (AvgIpc) is 3.25. The van der Waals surface area contributed by atoms with Gasteiger partial charge >= 0.3 is 0 Å². The molecule has 0 spiro atoms. The molecular weight excluding hydrogens is 354 g/mol. The Hall–Kier alpha value is -2.32. The van der Waals surface area contributed by atoms with Crippen LogP contribution in [-0.2, 0) is 6.54 Å². The Balaban J connectivity index is 1.73. The molecule has 0 unspecified atom stereocenters. The Kier molecular flexibility index (Phi) is 5.10. The maximum absolute atomic E-state index is 12.7. The van der Waals surface area contributed by atoms with Crippen molar-refractivity contribution in [2.75, 3.05) is 26.0 Å². The van der Waals surface area contributed by atoms with Crippen LogP contribution in [0, 0.1) is 6.92 Å². The van der Waals surface area contributed by atoms with Gasteiger partial charge in [-0.2, -0.15) is 0 Å².